The third-order valence-corrected chi connectivity index (χ3v) is 3.48. The fourth-order valence-electron chi connectivity index (χ4n) is 1.94. The first-order valence-electron chi connectivity index (χ1n) is 5.97. The Morgan fingerprint density at radius 2 is 2.21 bits per heavy atom. The second-order valence-corrected chi connectivity index (χ2v) is 4.87. The summed E-state index contributed by atoms with van der Waals surface area (Å²) < 4.78 is 25.0. The van der Waals surface area contributed by atoms with E-state index in [0.29, 0.717) is 0 Å². The number of hydrogen-bond donors (Lipinski definition) is 1. The number of nitrogens with one attached hydrogen (secondary N) is 1. The Hall–Kier alpha value is -1.33. The number of hydrogen-bond acceptors (Lipinski definition) is 3. The molecule has 19 heavy (non-hydrogen) atoms. The molecule has 3 nitrogen and oxygen atoms in total. The van der Waals surface area contributed by atoms with Crippen LogP contribution in [0, 0.1) is 5.82 Å². The molecule has 0 amide bonds. The zero-order chi connectivity index (χ0) is 13.8. The Morgan fingerprint density at radius 1 is 1.42 bits per heavy atom. The predicted molar refractivity (Wildman–Crippen MR) is 74.9 cm³/mol. The van der Waals surface area contributed by atoms with Crippen molar-refractivity contribution >= 4 is 15.9 Å². The van der Waals surface area contributed by atoms with Crippen molar-refractivity contribution in [1.29, 1.82) is 0 Å². The molecular weight excluding hydrogens is 313 g/mol. The highest BCUT2D eigenvalue weighted by molar-refractivity contribution is 9.10. The van der Waals surface area contributed by atoms with E-state index < -0.39 is 0 Å². The van der Waals surface area contributed by atoms with Gasteiger partial charge in [-0.25, -0.2) is 4.39 Å². The van der Waals surface area contributed by atoms with Crippen LogP contribution >= 0.6 is 15.9 Å². The lowest BCUT2D eigenvalue weighted by Crippen LogP contribution is -2.22. The van der Waals surface area contributed by atoms with Crippen LogP contribution in [-0.4, -0.2) is 13.7 Å². The third kappa shape index (κ3) is 2.98. The summed E-state index contributed by atoms with van der Waals surface area (Å²) in [7, 11) is 1.45. The normalized spacial score (nSPS) is 12.4. The number of benzene rings is 1. The summed E-state index contributed by atoms with van der Waals surface area (Å²) in [5, 5.41) is 3.28. The molecule has 1 aromatic carbocycles. The molecule has 102 valence electrons. The highest BCUT2D eigenvalue weighted by atomic mass is 79.9. The molecule has 0 aliphatic carbocycles. The van der Waals surface area contributed by atoms with Gasteiger partial charge >= 0.3 is 0 Å². The van der Waals surface area contributed by atoms with Gasteiger partial charge in [0.1, 0.15) is 5.76 Å². The molecule has 0 fully saturated rings. The maximum absolute atomic E-state index is 13.8. The van der Waals surface area contributed by atoms with E-state index in [-0.39, 0.29) is 17.6 Å². The second-order valence-electron chi connectivity index (χ2n) is 4.02. The van der Waals surface area contributed by atoms with Gasteiger partial charge in [-0.1, -0.05) is 13.0 Å². The molecule has 1 aromatic heterocycles. The third-order valence-electron chi connectivity index (χ3n) is 2.82. The SMILES string of the molecule is CCNC(c1ccc(OC)c(F)c1)c1occc1Br. The van der Waals surface area contributed by atoms with Gasteiger partial charge in [0, 0.05) is 0 Å². The van der Waals surface area contributed by atoms with Crippen LogP contribution in [0.3, 0.4) is 0 Å². The molecule has 0 bridgehead atoms. The summed E-state index contributed by atoms with van der Waals surface area (Å²) in [5.41, 5.74) is 0.788. The molecule has 5 heteroatoms. The summed E-state index contributed by atoms with van der Waals surface area (Å²) in [6, 6.07) is 6.52. The van der Waals surface area contributed by atoms with E-state index in [1.165, 1.54) is 13.2 Å². The molecule has 0 aliphatic heterocycles. The highest BCUT2D eigenvalue weighted by Gasteiger charge is 2.20. The van der Waals surface area contributed by atoms with E-state index in [2.05, 4.69) is 21.2 Å². The Bertz CT molecular complexity index is 556. The molecule has 0 saturated heterocycles. The minimum atomic E-state index is -0.384. The second kappa shape index (κ2) is 6.21. The van der Waals surface area contributed by atoms with Gasteiger partial charge in [0.05, 0.1) is 23.9 Å². The van der Waals surface area contributed by atoms with Gasteiger partial charge in [-0.2, -0.15) is 0 Å². The molecule has 2 rings (SSSR count). The quantitative estimate of drug-likeness (QED) is 0.904. The Labute approximate surface area is 119 Å². The summed E-state index contributed by atoms with van der Waals surface area (Å²) in [5.74, 6) is 0.578. The van der Waals surface area contributed by atoms with E-state index in [1.54, 1.807) is 12.3 Å². The maximum atomic E-state index is 13.8. The summed E-state index contributed by atoms with van der Waals surface area (Å²) >= 11 is 3.43. The van der Waals surface area contributed by atoms with Crippen LogP contribution in [0.4, 0.5) is 4.39 Å². The molecule has 1 heterocycles. The highest BCUT2D eigenvalue weighted by Crippen LogP contribution is 2.31. The van der Waals surface area contributed by atoms with E-state index in [9.17, 15) is 4.39 Å². The fourth-order valence-corrected chi connectivity index (χ4v) is 2.37. The van der Waals surface area contributed by atoms with Crippen molar-refractivity contribution in [2.75, 3.05) is 13.7 Å². The zero-order valence-corrected chi connectivity index (χ0v) is 12.3. The first-order chi connectivity index (χ1) is 9.17. The first kappa shape index (κ1) is 14.1. The lowest BCUT2D eigenvalue weighted by Gasteiger charge is -2.17. The van der Waals surface area contributed by atoms with Crippen LogP contribution in [0.1, 0.15) is 24.3 Å². The van der Waals surface area contributed by atoms with Crippen molar-refractivity contribution in [2.24, 2.45) is 0 Å². The topological polar surface area (TPSA) is 34.4 Å². The van der Waals surface area contributed by atoms with Crippen molar-refractivity contribution < 1.29 is 13.5 Å². The van der Waals surface area contributed by atoms with E-state index in [0.717, 1.165) is 22.3 Å². The Kier molecular flexibility index (Phi) is 4.61. The number of methoxy groups -OCH3 is 1. The van der Waals surface area contributed by atoms with Gasteiger partial charge in [-0.3, -0.25) is 0 Å². The molecule has 1 atom stereocenters. The molecule has 1 unspecified atom stereocenters. The smallest absolute Gasteiger partial charge is 0.165 e. The lowest BCUT2D eigenvalue weighted by atomic mass is 10.0. The molecule has 1 N–H and O–H groups in total. The molecule has 0 saturated carbocycles. The minimum Gasteiger partial charge on any atom is -0.494 e. The van der Waals surface area contributed by atoms with Crippen molar-refractivity contribution in [2.45, 2.75) is 13.0 Å². The predicted octanol–water partition coefficient (Wildman–Crippen LogP) is 3.89. The van der Waals surface area contributed by atoms with Crippen LogP contribution in [-0.2, 0) is 0 Å². The van der Waals surface area contributed by atoms with E-state index in [1.807, 2.05) is 19.1 Å². The Balaban J connectivity index is 2.39. The molecule has 0 spiro atoms. The van der Waals surface area contributed by atoms with Crippen molar-refractivity contribution in [3.05, 3.63) is 52.1 Å². The van der Waals surface area contributed by atoms with Crippen LogP contribution in [0.5, 0.6) is 5.75 Å². The number of halogens is 2. The summed E-state index contributed by atoms with van der Waals surface area (Å²) in [4.78, 5) is 0. The number of furan rings is 1. The van der Waals surface area contributed by atoms with Crippen molar-refractivity contribution in [3.8, 4) is 5.75 Å². The number of rotatable bonds is 5. The Morgan fingerprint density at radius 3 is 2.74 bits per heavy atom. The van der Waals surface area contributed by atoms with Crippen molar-refractivity contribution in [1.82, 2.24) is 5.32 Å². The minimum absolute atomic E-state index is 0.199. The van der Waals surface area contributed by atoms with Gasteiger partial charge in [0.2, 0.25) is 0 Å². The van der Waals surface area contributed by atoms with Gasteiger partial charge in [0.25, 0.3) is 0 Å². The first-order valence-corrected chi connectivity index (χ1v) is 6.76. The summed E-state index contributed by atoms with van der Waals surface area (Å²) in [6.45, 7) is 2.73. The number of ether oxygens (including phenoxy) is 1. The largest absolute Gasteiger partial charge is 0.494 e. The van der Waals surface area contributed by atoms with E-state index >= 15 is 0 Å². The maximum Gasteiger partial charge on any atom is 0.165 e. The standard InChI is InChI=1S/C14H15BrFNO2/c1-3-17-13(14-10(15)6-7-19-14)9-4-5-12(18-2)11(16)8-9/h4-8,13,17H,3H2,1-2H3. The summed E-state index contributed by atoms with van der Waals surface area (Å²) in [6.07, 6.45) is 1.60. The van der Waals surface area contributed by atoms with Gasteiger partial charge in [0.15, 0.2) is 11.6 Å². The van der Waals surface area contributed by atoms with E-state index in [4.69, 9.17) is 9.15 Å². The monoisotopic (exact) mass is 327 g/mol. The average Bonchev–Trinajstić information content (AvgIpc) is 2.82. The average molecular weight is 328 g/mol. The van der Waals surface area contributed by atoms with Crippen molar-refractivity contribution in [3.63, 3.8) is 0 Å². The van der Waals surface area contributed by atoms with Gasteiger partial charge in [-0.05, 0) is 46.2 Å². The van der Waals surface area contributed by atoms with Crippen LogP contribution < -0.4 is 10.1 Å². The van der Waals surface area contributed by atoms with Crippen LogP contribution in [0.15, 0.2) is 39.4 Å². The molecule has 0 radical (unpaired) electrons. The lowest BCUT2D eigenvalue weighted by molar-refractivity contribution is 0.385. The van der Waals surface area contributed by atoms with Gasteiger partial charge in [-0.15, -0.1) is 0 Å². The molecule has 0 aliphatic rings. The molecule has 2 aromatic rings. The van der Waals surface area contributed by atoms with Crippen LogP contribution in [0.2, 0.25) is 0 Å². The fraction of sp³-hybridized carbons (Fsp3) is 0.286. The zero-order valence-electron chi connectivity index (χ0n) is 10.7. The van der Waals surface area contributed by atoms with Gasteiger partial charge < -0.3 is 14.5 Å². The van der Waals surface area contributed by atoms with Crippen LogP contribution in [0.25, 0.3) is 0 Å². The molecular formula is C14H15BrFNO2.